The number of nitrogens with zero attached hydrogens (tertiary/aromatic N) is 2. The Hall–Kier alpha value is -0.510. The lowest BCUT2D eigenvalue weighted by Gasteiger charge is -2.37. The molecule has 0 atom stereocenters. The zero-order valence-corrected chi connectivity index (χ0v) is 11.7. The summed E-state index contributed by atoms with van der Waals surface area (Å²) in [6.07, 6.45) is 12.9. The minimum absolute atomic E-state index is 0.521. The van der Waals surface area contributed by atoms with E-state index < -0.39 is 0 Å². The van der Waals surface area contributed by atoms with Gasteiger partial charge in [-0.2, -0.15) is 5.10 Å². The second-order valence-corrected chi connectivity index (χ2v) is 6.61. The van der Waals surface area contributed by atoms with Crippen LogP contribution < -0.4 is 5.73 Å². The number of hydrogen-bond acceptors (Lipinski definition) is 2. The van der Waals surface area contributed by atoms with E-state index >= 15 is 0 Å². The van der Waals surface area contributed by atoms with Crippen molar-refractivity contribution < 1.29 is 0 Å². The first kappa shape index (κ1) is 11.6. The molecule has 2 fully saturated rings. The molecule has 1 aromatic rings. The van der Waals surface area contributed by atoms with Gasteiger partial charge in [0.1, 0.15) is 5.82 Å². The Morgan fingerprint density at radius 3 is 2.41 bits per heavy atom. The van der Waals surface area contributed by atoms with Crippen LogP contribution in [0.1, 0.15) is 57.4 Å². The van der Waals surface area contributed by atoms with Crippen molar-refractivity contribution in [2.45, 2.75) is 57.4 Å². The van der Waals surface area contributed by atoms with Crippen molar-refractivity contribution in [3.8, 4) is 0 Å². The number of nitrogen functional groups attached to an aromatic ring is 1. The summed E-state index contributed by atoms with van der Waals surface area (Å²) in [4.78, 5) is 0. The van der Waals surface area contributed by atoms with Crippen molar-refractivity contribution in [2.24, 2.45) is 5.41 Å². The Kier molecular flexibility index (Phi) is 2.93. The van der Waals surface area contributed by atoms with Gasteiger partial charge < -0.3 is 5.73 Å². The lowest BCUT2D eigenvalue weighted by molar-refractivity contribution is 0.153. The third kappa shape index (κ3) is 2.01. The number of aromatic nitrogens is 2. The summed E-state index contributed by atoms with van der Waals surface area (Å²) >= 11 is 3.43. The highest BCUT2D eigenvalue weighted by Gasteiger charge is 2.38. The number of rotatable bonds is 1. The van der Waals surface area contributed by atoms with Crippen LogP contribution in [0.5, 0.6) is 0 Å². The van der Waals surface area contributed by atoms with Gasteiger partial charge in [0, 0.05) is 0 Å². The Morgan fingerprint density at radius 1 is 1.24 bits per heavy atom. The fourth-order valence-corrected chi connectivity index (χ4v) is 4.00. The quantitative estimate of drug-likeness (QED) is 0.854. The second kappa shape index (κ2) is 4.30. The van der Waals surface area contributed by atoms with Crippen LogP contribution in [0.3, 0.4) is 0 Å². The van der Waals surface area contributed by atoms with Crippen LogP contribution in [-0.2, 0) is 0 Å². The molecule has 2 aliphatic rings. The SMILES string of the molecule is Nc1c(Br)cnn1C1CCC2(CCCC2)CC1. The van der Waals surface area contributed by atoms with E-state index in [0.29, 0.717) is 11.5 Å². The van der Waals surface area contributed by atoms with Gasteiger partial charge in [0.2, 0.25) is 0 Å². The molecular formula is C13H20BrN3. The Labute approximate surface area is 111 Å². The van der Waals surface area contributed by atoms with Crippen molar-refractivity contribution in [1.29, 1.82) is 0 Å². The minimum atomic E-state index is 0.521. The highest BCUT2D eigenvalue weighted by atomic mass is 79.9. The van der Waals surface area contributed by atoms with Crippen LogP contribution in [0.4, 0.5) is 5.82 Å². The average Bonchev–Trinajstić information content (AvgIpc) is 2.91. The van der Waals surface area contributed by atoms with Gasteiger partial charge in [0.05, 0.1) is 16.7 Å². The molecule has 94 valence electrons. The maximum absolute atomic E-state index is 6.03. The van der Waals surface area contributed by atoms with Crippen molar-refractivity contribution in [2.75, 3.05) is 5.73 Å². The molecule has 2 N–H and O–H groups in total. The average molecular weight is 298 g/mol. The van der Waals surface area contributed by atoms with Crippen molar-refractivity contribution >= 4 is 21.7 Å². The van der Waals surface area contributed by atoms with E-state index in [2.05, 4.69) is 21.0 Å². The lowest BCUT2D eigenvalue weighted by atomic mass is 9.71. The van der Waals surface area contributed by atoms with Crippen molar-refractivity contribution in [3.05, 3.63) is 10.7 Å². The molecule has 4 heteroatoms. The van der Waals surface area contributed by atoms with Crippen molar-refractivity contribution in [3.63, 3.8) is 0 Å². The van der Waals surface area contributed by atoms with Gasteiger partial charge >= 0.3 is 0 Å². The van der Waals surface area contributed by atoms with Gasteiger partial charge in [-0.3, -0.25) is 0 Å². The molecule has 0 aliphatic heterocycles. The molecule has 1 heterocycles. The predicted octanol–water partition coefficient (Wildman–Crippen LogP) is 3.90. The van der Waals surface area contributed by atoms with E-state index in [1.54, 1.807) is 0 Å². The molecular weight excluding hydrogens is 278 g/mol. The first-order valence-electron chi connectivity index (χ1n) is 6.69. The summed E-state index contributed by atoms with van der Waals surface area (Å²) < 4.78 is 2.95. The number of nitrogens with two attached hydrogens (primary N) is 1. The molecule has 0 bridgehead atoms. The Bertz CT molecular complexity index is 397. The molecule has 0 unspecified atom stereocenters. The number of halogens is 1. The summed E-state index contributed by atoms with van der Waals surface area (Å²) in [6, 6.07) is 0.521. The summed E-state index contributed by atoms with van der Waals surface area (Å²) in [5, 5.41) is 4.40. The minimum Gasteiger partial charge on any atom is -0.383 e. The van der Waals surface area contributed by atoms with Crippen LogP contribution in [-0.4, -0.2) is 9.78 Å². The molecule has 0 radical (unpaired) electrons. The van der Waals surface area contributed by atoms with Crippen LogP contribution >= 0.6 is 15.9 Å². The zero-order valence-electron chi connectivity index (χ0n) is 10.2. The molecule has 2 aliphatic carbocycles. The Balaban J connectivity index is 1.71. The van der Waals surface area contributed by atoms with Gasteiger partial charge in [-0.05, 0) is 59.9 Å². The molecule has 17 heavy (non-hydrogen) atoms. The molecule has 3 nitrogen and oxygen atoms in total. The highest BCUT2D eigenvalue weighted by Crippen LogP contribution is 2.51. The lowest BCUT2D eigenvalue weighted by Crippen LogP contribution is -2.27. The van der Waals surface area contributed by atoms with Crippen LogP contribution in [0, 0.1) is 5.41 Å². The summed E-state index contributed by atoms with van der Waals surface area (Å²) in [5.74, 6) is 0.789. The first-order chi connectivity index (χ1) is 8.20. The van der Waals surface area contributed by atoms with Gasteiger partial charge in [-0.15, -0.1) is 0 Å². The fourth-order valence-electron chi connectivity index (χ4n) is 3.73. The van der Waals surface area contributed by atoms with E-state index in [9.17, 15) is 0 Å². The van der Waals surface area contributed by atoms with E-state index in [1.165, 1.54) is 51.4 Å². The smallest absolute Gasteiger partial charge is 0.136 e. The van der Waals surface area contributed by atoms with Crippen LogP contribution in [0.25, 0.3) is 0 Å². The van der Waals surface area contributed by atoms with Gasteiger partial charge in [-0.25, -0.2) is 4.68 Å². The maximum atomic E-state index is 6.03. The molecule has 0 saturated heterocycles. The topological polar surface area (TPSA) is 43.8 Å². The number of hydrogen-bond donors (Lipinski definition) is 1. The highest BCUT2D eigenvalue weighted by molar-refractivity contribution is 9.10. The van der Waals surface area contributed by atoms with E-state index in [4.69, 9.17) is 5.73 Å². The Morgan fingerprint density at radius 2 is 1.88 bits per heavy atom. The standard InChI is InChI=1S/C13H20BrN3/c14-11-9-16-17(12(11)15)10-3-7-13(8-4-10)5-1-2-6-13/h9-10H,1-8,15H2. The second-order valence-electron chi connectivity index (χ2n) is 5.76. The van der Waals surface area contributed by atoms with Crippen molar-refractivity contribution in [1.82, 2.24) is 9.78 Å². The third-order valence-corrected chi connectivity index (χ3v) is 5.42. The van der Waals surface area contributed by atoms with E-state index in [-0.39, 0.29) is 0 Å². The van der Waals surface area contributed by atoms with Crippen LogP contribution in [0.15, 0.2) is 10.7 Å². The molecule has 0 amide bonds. The molecule has 1 spiro atoms. The van der Waals surface area contributed by atoms with Crippen LogP contribution in [0.2, 0.25) is 0 Å². The van der Waals surface area contributed by atoms with E-state index in [0.717, 1.165) is 10.3 Å². The first-order valence-corrected chi connectivity index (χ1v) is 7.48. The monoisotopic (exact) mass is 297 g/mol. The fraction of sp³-hybridized carbons (Fsp3) is 0.769. The summed E-state index contributed by atoms with van der Waals surface area (Å²) in [7, 11) is 0. The summed E-state index contributed by atoms with van der Waals surface area (Å²) in [6.45, 7) is 0. The summed E-state index contributed by atoms with van der Waals surface area (Å²) in [5.41, 5.74) is 6.72. The molecule has 2 saturated carbocycles. The van der Waals surface area contributed by atoms with Gasteiger partial charge in [0.15, 0.2) is 0 Å². The molecule has 3 rings (SSSR count). The van der Waals surface area contributed by atoms with Gasteiger partial charge in [-0.1, -0.05) is 12.8 Å². The normalized spacial score (nSPS) is 24.5. The third-order valence-electron chi connectivity index (χ3n) is 4.81. The van der Waals surface area contributed by atoms with E-state index in [1.807, 2.05) is 10.9 Å². The number of anilines is 1. The maximum Gasteiger partial charge on any atom is 0.136 e. The molecule has 0 aromatic carbocycles. The predicted molar refractivity (Wildman–Crippen MR) is 72.7 cm³/mol. The van der Waals surface area contributed by atoms with Gasteiger partial charge in [0.25, 0.3) is 0 Å². The molecule has 1 aromatic heterocycles. The zero-order chi connectivity index (χ0) is 11.9. The largest absolute Gasteiger partial charge is 0.383 e.